The summed E-state index contributed by atoms with van der Waals surface area (Å²) in [7, 11) is 2.60. The Kier molecular flexibility index (Phi) is 14.5. The summed E-state index contributed by atoms with van der Waals surface area (Å²) in [6.07, 6.45) is 5.12. The van der Waals surface area contributed by atoms with Crippen molar-refractivity contribution in [1.82, 2.24) is 19.9 Å². The Bertz CT molecular complexity index is 1280. The van der Waals surface area contributed by atoms with Crippen LogP contribution in [0, 0.1) is 27.1 Å². The monoisotopic (exact) mass is 686 g/mol. The summed E-state index contributed by atoms with van der Waals surface area (Å²) in [5.74, 6) is 2.08. The highest BCUT2D eigenvalue weighted by Gasteiger charge is 2.20. The summed E-state index contributed by atoms with van der Waals surface area (Å²) in [5, 5.41) is 0. The molecule has 2 rings (SSSR count). The van der Waals surface area contributed by atoms with Crippen molar-refractivity contribution >= 4 is 62.3 Å². The largest absolute Gasteiger partial charge is 0.479 e. The molecule has 0 unspecified atom stereocenters. The first-order valence-corrected chi connectivity index (χ1v) is 19.3. The van der Waals surface area contributed by atoms with E-state index in [1.165, 1.54) is 28.4 Å². The van der Waals surface area contributed by atoms with Crippen LogP contribution in [0.25, 0.3) is 0 Å². The third-order valence-corrected chi connectivity index (χ3v) is 6.40. The van der Waals surface area contributed by atoms with Gasteiger partial charge in [-0.2, -0.15) is 9.97 Å². The van der Waals surface area contributed by atoms with Gasteiger partial charge in [0.2, 0.25) is 23.1 Å². The minimum absolute atomic E-state index is 0.0219. The number of methoxy groups -OCH3 is 4. The maximum atomic E-state index is 11.6. The van der Waals surface area contributed by atoms with Gasteiger partial charge in [-0.1, -0.05) is 45.2 Å². The first-order chi connectivity index (χ1) is 17.9. The van der Waals surface area contributed by atoms with E-state index in [0.29, 0.717) is 3.70 Å². The molecule has 0 spiro atoms. The smallest absolute Gasteiger partial charge is 0.362 e. The molecule has 0 radical (unpaired) electrons. The Labute approximate surface area is 245 Å². The Morgan fingerprint density at radius 1 is 0.769 bits per heavy atom. The molecule has 0 saturated carbocycles. The van der Waals surface area contributed by atoms with Crippen LogP contribution in [0.15, 0.2) is 0 Å². The molecule has 0 aliphatic heterocycles. The van der Waals surface area contributed by atoms with Crippen LogP contribution < -0.4 is 20.9 Å². The predicted octanol–water partition coefficient (Wildman–Crippen LogP) is 3.04. The number of nitrogens with zero attached hydrogens (tertiary/aromatic N) is 4. The van der Waals surface area contributed by atoms with E-state index in [1.807, 2.05) is 22.6 Å². The van der Waals surface area contributed by atoms with Crippen LogP contribution in [0.5, 0.6) is 11.8 Å². The second-order valence-electron chi connectivity index (χ2n) is 9.45. The van der Waals surface area contributed by atoms with E-state index < -0.39 is 28.1 Å². The van der Waals surface area contributed by atoms with Crippen molar-refractivity contribution in [2.75, 3.05) is 39.9 Å². The van der Waals surface area contributed by atoms with Crippen LogP contribution in [-0.2, 0) is 9.47 Å². The molecule has 0 aromatic carbocycles. The van der Waals surface area contributed by atoms with Gasteiger partial charge in [0.1, 0.15) is 19.8 Å². The van der Waals surface area contributed by atoms with E-state index in [-0.39, 0.29) is 40.5 Å². The highest BCUT2D eigenvalue weighted by atomic mass is 127. The van der Waals surface area contributed by atoms with Gasteiger partial charge in [0, 0.05) is 0 Å². The van der Waals surface area contributed by atoms with Crippen molar-refractivity contribution < 1.29 is 28.5 Å². The molecule has 2 heterocycles. The van der Waals surface area contributed by atoms with Crippen molar-refractivity contribution in [2.24, 2.45) is 0 Å². The number of ether oxygens (including phenoxy) is 4. The number of anilines is 2. The van der Waals surface area contributed by atoms with Crippen molar-refractivity contribution in [3.63, 3.8) is 0 Å². The van der Waals surface area contributed by atoms with E-state index in [4.69, 9.17) is 27.4 Å². The number of nitrogen functional groups attached to an aromatic ring is 2. The second kappa shape index (κ2) is 15.9. The van der Waals surface area contributed by atoms with E-state index in [1.54, 1.807) is 0 Å². The van der Waals surface area contributed by atoms with Crippen LogP contribution >= 0.6 is 22.6 Å². The van der Waals surface area contributed by atoms with Crippen LogP contribution in [-0.4, -0.2) is 76.5 Å². The Morgan fingerprint density at radius 3 is 1.54 bits per heavy atom. The quantitative estimate of drug-likeness (QED) is 0.209. The molecule has 0 saturated heterocycles. The average molecular weight is 687 g/mol. The molecular formula is C24H35IN6O6Si2. The minimum Gasteiger partial charge on any atom is -0.479 e. The number of halogens is 1. The van der Waals surface area contributed by atoms with Gasteiger partial charge < -0.3 is 30.4 Å². The number of aromatic nitrogens is 4. The van der Waals surface area contributed by atoms with Gasteiger partial charge in [-0.05, 0) is 22.6 Å². The fourth-order valence-corrected chi connectivity index (χ4v) is 2.78. The van der Waals surface area contributed by atoms with Gasteiger partial charge >= 0.3 is 11.9 Å². The average Bonchev–Trinajstić information content (AvgIpc) is 2.87. The number of esters is 2. The molecule has 212 valence electrons. The van der Waals surface area contributed by atoms with Gasteiger partial charge in [-0.15, -0.1) is 17.5 Å². The van der Waals surface area contributed by atoms with E-state index in [0.717, 1.165) is 0 Å². The van der Waals surface area contributed by atoms with Crippen LogP contribution in [0.1, 0.15) is 26.7 Å². The number of carbonyl (C=O) groups is 2. The number of terminal acetylenes is 1. The molecular weight excluding hydrogens is 651 g/mol. The van der Waals surface area contributed by atoms with Crippen LogP contribution in [0.3, 0.4) is 0 Å². The normalized spacial score (nSPS) is 10.1. The molecule has 0 amide bonds. The molecule has 2 aromatic rings. The van der Waals surface area contributed by atoms with Crippen LogP contribution in [0.2, 0.25) is 39.3 Å². The number of nitrogens with two attached hydrogens (primary N) is 2. The number of carbonyl (C=O) groups excluding carboxylic acids is 2. The zero-order valence-corrected chi connectivity index (χ0v) is 28.0. The number of hydrogen-bond acceptors (Lipinski definition) is 12. The maximum Gasteiger partial charge on any atom is 0.362 e. The van der Waals surface area contributed by atoms with Gasteiger partial charge in [-0.3, -0.25) is 0 Å². The SMILES string of the molecule is C#C[Si](C)(C)C.COC(=O)c1nc(C#C[Si](C)(C)C)c(N)nc1OC.COC(=O)c1nc(I)c(N)nc1OC. The summed E-state index contributed by atoms with van der Waals surface area (Å²) < 4.78 is 19.4. The lowest BCUT2D eigenvalue weighted by atomic mass is 10.3. The first-order valence-electron chi connectivity index (χ1n) is 11.2. The van der Waals surface area contributed by atoms with Gasteiger partial charge in [-0.25, -0.2) is 19.6 Å². The molecule has 0 aliphatic rings. The summed E-state index contributed by atoms with van der Waals surface area (Å²) in [6.45, 7) is 12.7. The fraction of sp³-hybridized carbons (Fsp3) is 0.417. The lowest BCUT2D eigenvalue weighted by Crippen LogP contribution is -2.17. The standard InChI is InChI=1S/C12H17N3O3Si.C7H8IN3O3.C5H10Si/c1-17-11-9(12(16)18-2)14-8(10(13)15-11)6-7-19(3,4)5;1-13-6-3(7(12)14-2)10-4(8)5(9)11-6;1-5-6(2,3)4/h1-5H3,(H2,13,15);1-2H3,(H2,9,11);1H,2-4H3. The lowest BCUT2D eigenvalue weighted by molar-refractivity contribution is 0.0579. The lowest BCUT2D eigenvalue weighted by Gasteiger charge is -2.07. The molecule has 0 aliphatic carbocycles. The Morgan fingerprint density at radius 2 is 1.18 bits per heavy atom. The topological polar surface area (TPSA) is 175 Å². The molecule has 0 fully saturated rings. The summed E-state index contributed by atoms with van der Waals surface area (Å²) in [5.41, 5.74) is 17.4. The number of rotatable bonds is 4. The van der Waals surface area contributed by atoms with Crippen molar-refractivity contribution in [2.45, 2.75) is 39.3 Å². The summed E-state index contributed by atoms with van der Waals surface area (Å²) >= 11 is 1.87. The van der Waals surface area contributed by atoms with Crippen LogP contribution in [0.4, 0.5) is 11.6 Å². The van der Waals surface area contributed by atoms with E-state index >= 15 is 0 Å². The zero-order chi connectivity index (χ0) is 30.6. The molecule has 2 aromatic heterocycles. The molecule has 15 heteroatoms. The zero-order valence-electron chi connectivity index (χ0n) is 23.8. The number of hydrogen-bond donors (Lipinski definition) is 2. The van der Waals surface area contributed by atoms with Gasteiger partial charge in [0.05, 0.1) is 28.4 Å². The van der Waals surface area contributed by atoms with E-state index in [9.17, 15) is 9.59 Å². The molecule has 39 heavy (non-hydrogen) atoms. The Hall–Kier alpha value is -3.42. The fourth-order valence-electron chi connectivity index (χ4n) is 1.93. The van der Waals surface area contributed by atoms with Crippen molar-refractivity contribution in [3.05, 3.63) is 20.8 Å². The van der Waals surface area contributed by atoms with Gasteiger partial charge in [0.25, 0.3) is 0 Å². The molecule has 4 N–H and O–H groups in total. The molecule has 0 atom stereocenters. The summed E-state index contributed by atoms with van der Waals surface area (Å²) in [4.78, 5) is 38.6. The van der Waals surface area contributed by atoms with E-state index in [2.05, 4.69) is 85.7 Å². The highest BCUT2D eigenvalue weighted by molar-refractivity contribution is 14.1. The van der Waals surface area contributed by atoms with Crippen molar-refractivity contribution in [3.8, 4) is 35.2 Å². The Balaban J connectivity index is 0.000000631. The third kappa shape index (κ3) is 12.8. The predicted molar refractivity (Wildman–Crippen MR) is 164 cm³/mol. The molecule has 12 nitrogen and oxygen atoms in total. The summed E-state index contributed by atoms with van der Waals surface area (Å²) in [6, 6.07) is 0. The maximum absolute atomic E-state index is 11.6. The minimum atomic E-state index is -1.57. The van der Waals surface area contributed by atoms with Gasteiger partial charge in [0.15, 0.2) is 17.3 Å². The highest BCUT2D eigenvalue weighted by Crippen LogP contribution is 2.20. The first kappa shape index (κ1) is 35.6. The molecule has 0 bridgehead atoms. The second-order valence-corrected chi connectivity index (χ2v) is 20.0. The van der Waals surface area contributed by atoms with Crippen molar-refractivity contribution in [1.29, 1.82) is 0 Å². The third-order valence-electron chi connectivity index (χ3n) is 3.87.